The van der Waals surface area contributed by atoms with Crippen LogP contribution in [0.1, 0.15) is 5.82 Å². The van der Waals surface area contributed by atoms with Crippen molar-refractivity contribution in [2.24, 2.45) is 0 Å². The summed E-state index contributed by atoms with van der Waals surface area (Å²) in [6, 6.07) is 12.8. The number of nitrogens with zero attached hydrogens (tertiary/aromatic N) is 4. The number of hydrogen-bond acceptors (Lipinski definition) is 7. The lowest BCUT2D eigenvalue weighted by atomic mass is 10.3. The minimum atomic E-state index is -3.81. The lowest BCUT2D eigenvalue weighted by Gasteiger charge is -2.12. The van der Waals surface area contributed by atoms with Crippen molar-refractivity contribution < 1.29 is 13.2 Å². The zero-order valence-electron chi connectivity index (χ0n) is 17.2. The Kier molecular flexibility index (Phi) is 5.97. The Balaban J connectivity index is 1.50. The summed E-state index contributed by atoms with van der Waals surface area (Å²) in [5.74, 6) is 2.28. The number of halogens is 1. The molecule has 0 aliphatic heterocycles. The molecule has 2 N–H and O–H groups in total. The van der Waals surface area contributed by atoms with Gasteiger partial charge in [-0.1, -0.05) is 11.6 Å². The van der Waals surface area contributed by atoms with Gasteiger partial charge < -0.3 is 10.1 Å². The number of rotatable bonds is 7. The van der Waals surface area contributed by atoms with E-state index in [0.29, 0.717) is 28.9 Å². The van der Waals surface area contributed by atoms with Gasteiger partial charge in [-0.25, -0.2) is 23.4 Å². The van der Waals surface area contributed by atoms with E-state index in [-0.39, 0.29) is 9.92 Å². The van der Waals surface area contributed by atoms with Crippen LogP contribution in [0.2, 0.25) is 5.02 Å². The van der Waals surface area contributed by atoms with Crippen LogP contribution in [0, 0.1) is 6.92 Å². The van der Waals surface area contributed by atoms with E-state index in [1.165, 1.54) is 25.3 Å². The summed E-state index contributed by atoms with van der Waals surface area (Å²) in [4.78, 5) is 12.9. The van der Waals surface area contributed by atoms with Crippen molar-refractivity contribution >= 4 is 38.8 Å². The van der Waals surface area contributed by atoms with Gasteiger partial charge in [0.15, 0.2) is 0 Å². The minimum absolute atomic E-state index is 0.0361. The summed E-state index contributed by atoms with van der Waals surface area (Å²) in [5.41, 5.74) is 1.13. The van der Waals surface area contributed by atoms with Crippen LogP contribution < -0.4 is 14.8 Å². The Bertz CT molecular complexity index is 1340. The Hall–Kier alpha value is -3.63. The van der Waals surface area contributed by atoms with Crippen LogP contribution in [-0.2, 0) is 10.0 Å². The number of imidazole rings is 1. The van der Waals surface area contributed by atoms with E-state index < -0.39 is 10.0 Å². The molecule has 0 bridgehead atoms. The highest BCUT2D eigenvalue weighted by molar-refractivity contribution is 7.92. The molecule has 0 spiro atoms. The number of sulfonamides is 1. The molecule has 11 heteroatoms. The fourth-order valence-corrected chi connectivity index (χ4v) is 4.35. The van der Waals surface area contributed by atoms with Gasteiger partial charge >= 0.3 is 0 Å². The maximum atomic E-state index is 12.7. The molecule has 9 nitrogen and oxygen atoms in total. The molecule has 0 radical (unpaired) electrons. The fourth-order valence-electron chi connectivity index (χ4n) is 2.94. The molecule has 0 unspecified atom stereocenters. The fraction of sp³-hybridized carbons (Fsp3) is 0.0952. The standard InChI is InChI=1S/C21H19ClN6O3S/c1-14-24-20(12-21(25-14)28-10-9-23-13-28)26-15-3-5-16(6-4-15)27-32(29,30)17-7-8-19(31-2)18(22)11-17/h3-13,27H,1-2H3,(H,24,25,26). The monoisotopic (exact) mass is 470 g/mol. The van der Waals surface area contributed by atoms with Crippen molar-refractivity contribution in [2.45, 2.75) is 11.8 Å². The number of methoxy groups -OCH3 is 1. The summed E-state index contributed by atoms with van der Waals surface area (Å²) in [6.07, 6.45) is 5.12. The molecule has 4 rings (SSSR count). The SMILES string of the molecule is COc1ccc(S(=O)(=O)Nc2ccc(Nc3cc(-n4ccnc4)nc(C)n3)cc2)cc1Cl. The van der Waals surface area contributed by atoms with Crippen molar-refractivity contribution in [2.75, 3.05) is 17.1 Å². The highest BCUT2D eigenvalue weighted by atomic mass is 35.5. The van der Waals surface area contributed by atoms with Crippen LogP contribution in [0.15, 0.2) is 72.1 Å². The zero-order valence-corrected chi connectivity index (χ0v) is 18.7. The van der Waals surface area contributed by atoms with Crippen molar-refractivity contribution in [3.8, 4) is 11.6 Å². The van der Waals surface area contributed by atoms with Crippen molar-refractivity contribution in [1.82, 2.24) is 19.5 Å². The van der Waals surface area contributed by atoms with Crippen LogP contribution in [-0.4, -0.2) is 35.0 Å². The molecule has 2 aromatic heterocycles. The molecule has 32 heavy (non-hydrogen) atoms. The second-order valence-electron chi connectivity index (χ2n) is 6.73. The van der Waals surface area contributed by atoms with Crippen LogP contribution in [0.4, 0.5) is 17.2 Å². The maximum absolute atomic E-state index is 12.7. The molecular formula is C21H19ClN6O3S. The minimum Gasteiger partial charge on any atom is -0.495 e. The van der Waals surface area contributed by atoms with Gasteiger partial charge in [0.25, 0.3) is 10.0 Å². The molecule has 0 saturated heterocycles. The van der Waals surface area contributed by atoms with Gasteiger partial charge in [0.1, 0.15) is 29.5 Å². The highest BCUT2D eigenvalue weighted by Gasteiger charge is 2.16. The number of hydrogen-bond donors (Lipinski definition) is 2. The van der Waals surface area contributed by atoms with E-state index in [2.05, 4.69) is 25.0 Å². The van der Waals surface area contributed by atoms with E-state index in [1.807, 2.05) is 0 Å². The van der Waals surface area contributed by atoms with Crippen LogP contribution in [0.25, 0.3) is 5.82 Å². The van der Waals surface area contributed by atoms with Gasteiger partial charge in [0, 0.05) is 29.8 Å². The number of aryl methyl sites for hydroxylation is 1. The van der Waals surface area contributed by atoms with Gasteiger partial charge in [-0.15, -0.1) is 0 Å². The number of anilines is 3. The normalized spacial score (nSPS) is 11.2. The number of benzene rings is 2. The summed E-state index contributed by atoms with van der Waals surface area (Å²) < 4.78 is 34.7. The van der Waals surface area contributed by atoms with Gasteiger partial charge in [-0.3, -0.25) is 9.29 Å². The second kappa shape index (κ2) is 8.85. The molecule has 4 aromatic rings. The van der Waals surface area contributed by atoms with Gasteiger partial charge in [0.2, 0.25) is 0 Å². The maximum Gasteiger partial charge on any atom is 0.261 e. The zero-order chi connectivity index (χ0) is 22.7. The van der Waals surface area contributed by atoms with Crippen LogP contribution >= 0.6 is 11.6 Å². The Morgan fingerprint density at radius 3 is 2.44 bits per heavy atom. The Morgan fingerprint density at radius 1 is 1.03 bits per heavy atom. The molecule has 0 atom stereocenters. The molecule has 0 aliphatic carbocycles. The molecule has 0 saturated carbocycles. The third-order valence-corrected chi connectivity index (χ3v) is 6.11. The van der Waals surface area contributed by atoms with E-state index >= 15 is 0 Å². The first-order valence-electron chi connectivity index (χ1n) is 9.41. The third kappa shape index (κ3) is 4.82. The highest BCUT2D eigenvalue weighted by Crippen LogP contribution is 2.28. The quantitative estimate of drug-likeness (QED) is 0.416. The number of aromatic nitrogens is 4. The van der Waals surface area contributed by atoms with Gasteiger partial charge in [-0.2, -0.15) is 0 Å². The summed E-state index contributed by atoms with van der Waals surface area (Å²) in [5, 5.41) is 3.41. The topological polar surface area (TPSA) is 111 Å². The van der Waals surface area contributed by atoms with E-state index in [4.69, 9.17) is 16.3 Å². The smallest absolute Gasteiger partial charge is 0.261 e. The van der Waals surface area contributed by atoms with Gasteiger partial charge in [-0.05, 0) is 49.4 Å². The van der Waals surface area contributed by atoms with E-state index in [9.17, 15) is 8.42 Å². The summed E-state index contributed by atoms with van der Waals surface area (Å²) in [7, 11) is -2.35. The third-order valence-electron chi connectivity index (χ3n) is 4.44. The molecule has 0 aliphatic rings. The molecule has 164 valence electrons. The molecule has 0 fully saturated rings. The number of nitrogens with one attached hydrogen (secondary N) is 2. The largest absolute Gasteiger partial charge is 0.495 e. The van der Waals surface area contributed by atoms with Crippen molar-refractivity contribution in [3.05, 3.63) is 78.1 Å². The predicted molar refractivity (Wildman–Crippen MR) is 122 cm³/mol. The van der Waals surface area contributed by atoms with Gasteiger partial charge in [0.05, 0.1) is 17.0 Å². The predicted octanol–water partition coefficient (Wildman–Crippen LogP) is 4.18. The Morgan fingerprint density at radius 2 is 1.78 bits per heavy atom. The average molecular weight is 471 g/mol. The molecular weight excluding hydrogens is 452 g/mol. The van der Waals surface area contributed by atoms with E-state index in [1.54, 1.807) is 60.5 Å². The molecule has 0 amide bonds. The lowest BCUT2D eigenvalue weighted by Crippen LogP contribution is -2.13. The van der Waals surface area contributed by atoms with Crippen molar-refractivity contribution in [1.29, 1.82) is 0 Å². The Labute approximate surface area is 190 Å². The second-order valence-corrected chi connectivity index (χ2v) is 8.82. The first kappa shape index (κ1) is 21.6. The van der Waals surface area contributed by atoms with Crippen LogP contribution in [0.3, 0.4) is 0 Å². The molecule has 2 aromatic carbocycles. The lowest BCUT2D eigenvalue weighted by molar-refractivity contribution is 0.414. The number of ether oxygens (including phenoxy) is 1. The van der Waals surface area contributed by atoms with E-state index in [0.717, 1.165) is 5.69 Å². The van der Waals surface area contributed by atoms with Crippen LogP contribution in [0.5, 0.6) is 5.75 Å². The summed E-state index contributed by atoms with van der Waals surface area (Å²) >= 11 is 6.05. The first-order chi connectivity index (χ1) is 15.3. The molecule has 2 heterocycles. The van der Waals surface area contributed by atoms with Crippen molar-refractivity contribution in [3.63, 3.8) is 0 Å². The summed E-state index contributed by atoms with van der Waals surface area (Å²) in [6.45, 7) is 1.80. The average Bonchev–Trinajstić information content (AvgIpc) is 3.29. The first-order valence-corrected chi connectivity index (χ1v) is 11.3.